The van der Waals surface area contributed by atoms with Crippen molar-refractivity contribution in [2.45, 2.75) is 6.10 Å². The molecule has 2 rings (SSSR count). The number of ether oxygens (including phenoxy) is 1. The maximum absolute atomic E-state index is 12.1. The summed E-state index contributed by atoms with van der Waals surface area (Å²) < 4.78 is 5.56. The van der Waals surface area contributed by atoms with Crippen LogP contribution in [0.1, 0.15) is 5.56 Å². The lowest BCUT2D eigenvalue weighted by atomic mass is 10.2. The van der Waals surface area contributed by atoms with Gasteiger partial charge in [-0.2, -0.15) is 5.26 Å². The number of amides is 2. The Morgan fingerprint density at radius 3 is 2.90 bits per heavy atom. The van der Waals surface area contributed by atoms with Crippen LogP contribution in [0.4, 0.5) is 10.5 Å². The lowest BCUT2D eigenvalue weighted by molar-refractivity contribution is -0.00999. The van der Waals surface area contributed by atoms with Crippen molar-refractivity contribution in [2.75, 3.05) is 38.6 Å². The number of anilines is 1. The van der Waals surface area contributed by atoms with Crippen molar-refractivity contribution >= 4 is 11.7 Å². The predicted molar refractivity (Wildman–Crippen MR) is 75.4 cm³/mol. The van der Waals surface area contributed by atoms with Gasteiger partial charge in [0.1, 0.15) is 0 Å². The maximum atomic E-state index is 12.1. The normalized spacial score (nSPS) is 18.4. The molecule has 1 fully saturated rings. The van der Waals surface area contributed by atoms with Gasteiger partial charge in [0.05, 0.1) is 24.3 Å². The molecule has 1 atom stereocenters. The number of benzene rings is 1. The summed E-state index contributed by atoms with van der Waals surface area (Å²) in [5.41, 5.74) is 1.26. The number of likely N-dealkylation sites (N-methyl/N-ethyl adjacent to an activating group) is 1. The first-order chi connectivity index (χ1) is 9.72. The van der Waals surface area contributed by atoms with E-state index in [0.29, 0.717) is 30.9 Å². The van der Waals surface area contributed by atoms with Gasteiger partial charge in [0, 0.05) is 25.3 Å². The van der Waals surface area contributed by atoms with Gasteiger partial charge in [-0.3, -0.25) is 0 Å². The fourth-order valence-corrected chi connectivity index (χ4v) is 2.09. The summed E-state index contributed by atoms with van der Waals surface area (Å²) in [6, 6.07) is 8.71. The molecule has 0 aliphatic carbocycles. The van der Waals surface area contributed by atoms with Crippen molar-refractivity contribution in [3.63, 3.8) is 0 Å². The quantitative estimate of drug-likeness (QED) is 0.862. The highest BCUT2D eigenvalue weighted by atomic mass is 16.5. The Bertz CT molecular complexity index is 493. The number of nitrogens with zero attached hydrogens (tertiary/aromatic N) is 2. The highest BCUT2D eigenvalue weighted by molar-refractivity contribution is 5.89. The zero-order valence-corrected chi connectivity index (χ0v) is 11.4. The number of morpholine rings is 1. The Labute approximate surface area is 118 Å². The van der Waals surface area contributed by atoms with Crippen LogP contribution in [0, 0.1) is 11.3 Å². The van der Waals surface area contributed by atoms with Crippen LogP contribution in [0.2, 0.25) is 0 Å². The second-order valence-electron chi connectivity index (χ2n) is 4.62. The van der Waals surface area contributed by atoms with Crippen LogP contribution in [0.15, 0.2) is 24.3 Å². The minimum Gasteiger partial charge on any atom is -0.373 e. The van der Waals surface area contributed by atoms with Crippen LogP contribution in [0.3, 0.4) is 0 Å². The Balaban J connectivity index is 1.92. The van der Waals surface area contributed by atoms with Crippen molar-refractivity contribution in [1.82, 2.24) is 10.2 Å². The summed E-state index contributed by atoms with van der Waals surface area (Å²) in [7, 11) is 1.86. The van der Waals surface area contributed by atoms with E-state index in [9.17, 15) is 4.79 Å². The van der Waals surface area contributed by atoms with Gasteiger partial charge in [-0.25, -0.2) is 4.79 Å². The molecule has 0 radical (unpaired) electrons. The molecule has 1 aliphatic heterocycles. The molecule has 2 amide bonds. The summed E-state index contributed by atoms with van der Waals surface area (Å²) in [5, 5.41) is 14.6. The van der Waals surface area contributed by atoms with E-state index in [1.165, 1.54) is 0 Å². The molecule has 6 heteroatoms. The Hall–Kier alpha value is -2.10. The first-order valence-corrected chi connectivity index (χ1v) is 6.55. The summed E-state index contributed by atoms with van der Waals surface area (Å²) in [4.78, 5) is 13.9. The molecule has 1 saturated heterocycles. The van der Waals surface area contributed by atoms with E-state index in [0.717, 1.165) is 6.54 Å². The number of carbonyl (C=O) groups is 1. The van der Waals surface area contributed by atoms with E-state index >= 15 is 0 Å². The van der Waals surface area contributed by atoms with Gasteiger partial charge < -0.3 is 20.3 Å². The highest BCUT2D eigenvalue weighted by Crippen LogP contribution is 2.11. The molecule has 0 saturated carbocycles. The molecule has 1 aromatic carbocycles. The van der Waals surface area contributed by atoms with E-state index in [4.69, 9.17) is 10.00 Å². The van der Waals surface area contributed by atoms with Crippen molar-refractivity contribution < 1.29 is 9.53 Å². The number of carbonyl (C=O) groups excluding carboxylic acids is 1. The molecule has 1 aromatic rings. The second-order valence-corrected chi connectivity index (χ2v) is 4.62. The SMILES string of the molecule is CNCC1CN(C(=O)Nc2ccc(C#N)cc2)CCO1. The third-order valence-corrected chi connectivity index (χ3v) is 3.12. The average molecular weight is 274 g/mol. The van der Waals surface area contributed by atoms with E-state index < -0.39 is 0 Å². The molecule has 0 bridgehead atoms. The Morgan fingerprint density at radius 1 is 1.50 bits per heavy atom. The Kier molecular flexibility index (Phi) is 4.93. The highest BCUT2D eigenvalue weighted by Gasteiger charge is 2.23. The topological polar surface area (TPSA) is 77.4 Å². The second kappa shape index (κ2) is 6.89. The number of hydrogen-bond acceptors (Lipinski definition) is 4. The zero-order valence-electron chi connectivity index (χ0n) is 11.4. The van der Waals surface area contributed by atoms with Gasteiger partial charge >= 0.3 is 6.03 Å². The van der Waals surface area contributed by atoms with Crippen LogP contribution in [-0.4, -0.2) is 50.3 Å². The van der Waals surface area contributed by atoms with Crippen LogP contribution in [0.25, 0.3) is 0 Å². The summed E-state index contributed by atoms with van der Waals surface area (Å²) >= 11 is 0. The molecule has 106 valence electrons. The molecule has 0 aromatic heterocycles. The first-order valence-electron chi connectivity index (χ1n) is 6.55. The predicted octanol–water partition coefficient (Wildman–Crippen LogP) is 1.01. The average Bonchev–Trinajstić information content (AvgIpc) is 2.48. The molecule has 6 nitrogen and oxygen atoms in total. The van der Waals surface area contributed by atoms with Crippen LogP contribution in [0.5, 0.6) is 0 Å². The number of urea groups is 1. The molecular formula is C14H18N4O2. The van der Waals surface area contributed by atoms with Crippen molar-refractivity contribution in [3.05, 3.63) is 29.8 Å². The van der Waals surface area contributed by atoms with Gasteiger partial charge in [-0.1, -0.05) is 0 Å². The molecule has 1 heterocycles. The summed E-state index contributed by atoms with van der Waals surface area (Å²) in [5.74, 6) is 0. The summed E-state index contributed by atoms with van der Waals surface area (Å²) in [6.45, 7) is 2.43. The smallest absolute Gasteiger partial charge is 0.322 e. The molecule has 1 unspecified atom stereocenters. The Morgan fingerprint density at radius 2 is 2.25 bits per heavy atom. The fourth-order valence-electron chi connectivity index (χ4n) is 2.09. The molecule has 2 N–H and O–H groups in total. The lowest BCUT2D eigenvalue weighted by Gasteiger charge is -2.32. The minimum atomic E-state index is -0.140. The van der Waals surface area contributed by atoms with Crippen molar-refractivity contribution in [1.29, 1.82) is 5.26 Å². The summed E-state index contributed by atoms with van der Waals surface area (Å²) in [6.07, 6.45) is 0.0282. The van der Waals surface area contributed by atoms with Crippen LogP contribution < -0.4 is 10.6 Å². The van der Waals surface area contributed by atoms with E-state index in [2.05, 4.69) is 10.6 Å². The number of hydrogen-bond donors (Lipinski definition) is 2. The van der Waals surface area contributed by atoms with Crippen LogP contribution >= 0.6 is 0 Å². The van der Waals surface area contributed by atoms with Crippen molar-refractivity contribution in [3.8, 4) is 6.07 Å². The van der Waals surface area contributed by atoms with Gasteiger partial charge in [-0.15, -0.1) is 0 Å². The van der Waals surface area contributed by atoms with E-state index in [1.54, 1.807) is 29.2 Å². The third kappa shape index (κ3) is 3.70. The van der Waals surface area contributed by atoms with Gasteiger partial charge in [0.15, 0.2) is 0 Å². The number of nitrogens with one attached hydrogen (secondary N) is 2. The fraction of sp³-hybridized carbons (Fsp3) is 0.429. The molecular weight excluding hydrogens is 256 g/mol. The first kappa shape index (κ1) is 14.3. The van der Waals surface area contributed by atoms with E-state index in [1.807, 2.05) is 13.1 Å². The maximum Gasteiger partial charge on any atom is 0.322 e. The van der Waals surface area contributed by atoms with E-state index in [-0.39, 0.29) is 12.1 Å². The molecule has 1 aliphatic rings. The number of nitriles is 1. The lowest BCUT2D eigenvalue weighted by Crippen LogP contribution is -2.49. The van der Waals surface area contributed by atoms with Crippen LogP contribution in [-0.2, 0) is 4.74 Å². The molecule has 0 spiro atoms. The molecule has 20 heavy (non-hydrogen) atoms. The van der Waals surface area contributed by atoms with Gasteiger partial charge in [-0.05, 0) is 31.3 Å². The third-order valence-electron chi connectivity index (χ3n) is 3.12. The number of rotatable bonds is 3. The van der Waals surface area contributed by atoms with Gasteiger partial charge in [0.2, 0.25) is 0 Å². The minimum absolute atomic E-state index is 0.0282. The van der Waals surface area contributed by atoms with Crippen molar-refractivity contribution in [2.24, 2.45) is 0 Å². The largest absolute Gasteiger partial charge is 0.373 e. The standard InChI is InChI=1S/C14H18N4O2/c1-16-9-13-10-18(6-7-20-13)14(19)17-12-4-2-11(8-15)3-5-12/h2-5,13,16H,6-7,9-10H2,1H3,(H,17,19). The zero-order chi connectivity index (χ0) is 14.4. The van der Waals surface area contributed by atoms with Gasteiger partial charge in [0.25, 0.3) is 0 Å². The monoisotopic (exact) mass is 274 g/mol.